The third-order valence-corrected chi connectivity index (χ3v) is 4.72. The molecule has 19 heavy (non-hydrogen) atoms. The maximum Gasteiger partial charge on any atom is 0.0636 e. The summed E-state index contributed by atoms with van der Waals surface area (Å²) in [4.78, 5) is 5.04. The lowest BCUT2D eigenvalue weighted by atomic mass is 10.0. The molecule has 0 aromatic carbocycles. The van der Waals surface area contributed by atoms with Crippen molar-refractivity contribution in [1.82, 2.24) is 15.1 Å². The van der Waals surface area contributed by atoms with Gasteiger partial charge in [0, 0.05) is 31.3 Å². The van der Waals surface area contributed by atoms with E-state index in [4.69, 9.17) is 4.74 Å². The smallest absolute Gasteiger partial charge is 0.0636 e. The number of rotatable bonds is 6. The van der Waals surface area contributed by atoms with Crippen molar-refractivity contribution in [3.63, 3.8) is 0 Å². The predicted octanol–water partition coefficient (Wildman–Crippen LogP) is 1.17. The van der Waals surface area contributed by atoms with Gasteiger partial charge in [-0.2, -0.15) is 0 Å². The second-order valence-corrected chi connectivity index (χ2v) is 6.21. The van der Waals surface area contributed by atoms with Gasteiger partial charge in [0.15, 0.2) is 0 Å². The zero-order valence-electron chi connectivity index (χ0n) is 12.9. The molecule has 112 valence electrons. The van der Waals surface area contributed by atoms with Gasteiger partial charge in [-0.05, 0) is 52.9 Å². The van der Waals surface area contributed by atoms with E-state index in [0.29, 0.717) is 12.1 Å². The van der Waals surface area contributed by atoms with Crippen LogP contribution in [0.3, 0.4) is 0 Å². The number of hydrogen-bond donors (Lipinski definition) is 1. The number of ether oxygens (including phenoxy) is 1. The van der Waals surface area contributed by atoms with Crippen LogP contribution >= 0.6 is 0 Å². The van der Waals surface area contributed by atoms with Gasteiger partial charge < -0.3 is 15.0 Å². The van der Waals surface area contributed by atoms with E-state index in [2.05, 4.69) is 36.1 Å². The quantitative estimate of drug-likeness (QED) is 0.783. The van der Waals surface area contributed by atoms with Crippen molar-refractivity contribution in [2.45, 2.75) is 50.7 Å². The lowest BCUT2D eigenvalue weighted by molar-refractivity contribution is 0.000444. The van der Waals surface area contributed by atoms with Gasteiger partial charge in [0.2, 0.25) is 0 Å². The highest BCUT2D eigenvalue weighted by Crippen LogP contribution is 2.19. The molecule has 0 aliphatic carbocycles. The standard InChI is InChI=1S/C15H31N3O/c1-4-8-16-14-7-10-19-12-15(14)18(3)11-13-6-5-9-17(13)2/h13-16H,4-12H2,1-3H3. The van der Waals surface area contributed by atoms with Gasteiger partial charge in [0.05, 0.1) is 6.61 Å². The van der Waals surface area contributed by atoms with Crippen molar-refractivity contribution in [2.75, 3.05) is 46.9 Å². The molecule has 2 fully saturated rings. The number of nitrogens with one attached hydrogen (secondary N) is 1. The highest BCUT2D eigenvalue weighted by molar-refractivity contribution is 4.89. The monoisotopic (exact) mass is 269 g/mol. The Hall–Kier alpha value is -0.160. The van der Waals surface area contributed by atoms with Crippen molar-refractivity contribution >= 4 is 0 Å². The maximum absolute atomic E-state index is 5.71. The Balaban J connectivity index is 1.85. The summed E-state index contributed by atoms with van der Waals surface area (Å²) >= 11 is 0. The van der Waals surface area contributed by atoms with Crippen molar-refractivity contribution < 1.29 is 4.74 Å². The summed E-state index contributed by atoms with van der Waals surface area (Å²) in [5.74, 6) is 0. The zero-order valence-corrected chi connectivity index (χ0v) is 12.9. The maximum atomic E-state index is 5.71. The fourth-order valence-corrected chi connectivity index (χ4v) is 3.40. The molecule has 4 nitrogen and oxygen atoms in total. The molecule has 3 unspecified atom stereocenters. The summed E-state index contributed by atoms with van der Waals surface area (Å²) in [6, 6.07) is 1.87. The molecule has 1 N–H and O–H groups in total. The Labute approximate surface area is 118 Å². The first kappa shape index (κ1) is 15.2. The van der Waals surface area contributed by atoms with Crippen LogP contribution in [0.4, 0.5) is 0 Å². The molecule has 4 heteroatoms. The molecule has 2 aliphatic heterocycles. The highest BCUT2D eigenvalue weighted by atomic mass is 16.5. The number of likely N-dealkylation sites (tertiary alicyclic amines) is 1. The van der Waals surface area contributed by atoms with Crippen LogP contribution in [0.1, 0.15) is 32.6 Å². The summed E-state index contributed by atoms with van der Waals surface area (Å²) < 4.78 is 5.71. The van der Waals surface area contributed by atoms with E-state index in [1.807, 2.05) is 0 Å². The number of nitrogens with zero attached hydrogens (tertiary/aromatic N) is 2. The van der Waals surface area contributed by atoms with E-state index in [9.17, 15) is 0 Å². The third-order valence-electron chi connectivity index (χ3n) is 4.72. The number of hydrogen-bond acceptors (Lipinski definition) is 4. The second-order valence-electron chi connectivity index (χ2n) is 6.21. The first-order chi connectivity index (χ1) is 9.22. The van der Waals surface area contributed by atoms with Crippen LogP contribution in [-0.4, -0.2) is 74.9 Å². The lowest BCUT2D eigenvalue weighted by Crippen LogP contribution is -2.56. The fourth-order valence-electron chi connectivity index (χ4n) is 3.40. The molecule has 0 spiro atoms. The van der Waals surface area contributed by atoms with Gasteiger partial charge in [0.25, 0.3) is 0 Å². The van der Waals surface area contributed by atoms with Gasteiger partial charge in [-0.1, -0.05) is 6.92 Å². The Bertz CT molecular complexity index is 262. The van der Waals surface area contributed by atoms with Crippen molar-refractivity contribution in [3.05, 3.63) is 0 Å². The molecule has 0 bridgehead atoms. The predicted molar refractivity (Wildman–Crippen MR) is 79.6 cm³/mol. The molecule has 0 radical (unpaired) electrons. The van der Waals surface area contributed by atoms with Crippen molar-refractivity contribution in [3.8, 4) is 0 Å². The van der Waals surface area contributed by atoms with Gasteiger partial charge in [0.1, 0.15) is 0 Å². The molecular formula is C15H31N3O. The normalized spacial score (nSPS) is 33.2. The van der Waals surface area contributed by atoms with Crippen LogP contribution in [0.25, 0.3) is 0 Å². The summed E-state index contributed by atoms with van der Waals surface area (Å²) in [5, 5.41) is 3.70. The fraction of sp³-hybridized carbons (Fsp3) is 1.00. The minimum Gasteiger partial charge on any atom is -0.380 e. The topological polar surface area (TPSA) is 27.7 Å². The first-order valence-corrected chi connectivity index (χ1v) is 7.94. The van der Waals surface area contributed by atoms with Crippen molar-refractivity contribution in [1.29, 1.82) is 0 Å². The van der Waals surface area contributed by atoms with E-state index in [0.717, 1.165) is 32.2 Å². The van der Waals surface area contributed by atoms with E-state index in [1.54, 1.807) is 0 Å². The number of likely N-dealkylation sites (N-methyl/N-ethyl adjacent to an activating group) is 2. The van der Waals surface area contributed by atoms with Crippen LogP contribution in [-0.2, 0) is 4.74 Å². The van der Waals surface area contributed by atoms with E-state index in [1.165, 1.54) is 32.4 Å². The van der Waals surface area contributed by atoms with Crippen LogP contribution < -0.4 is 5.32 Å². The molecule has 0 amide bonds. The van der Waals surface area contributed by atoms with E-state index in [-0.39, 0.29) is 0 Å². The van der Waals surface area contributed by atoms with Gasteiger partial charge in [-0.15, -0.1) is 0 Å². The summed E-state index contributed by atoms with van der Waals surface area (Å²) in [6.07, 6.45) is 5.06. The Morgan fingerprint density at radius 2 is 2.21 bits per heavy atom. The average Bonchev–Trinajstić information content (AvgIpc) is 2.82. The highest BCUT2D eigenvalue weighted by Gasteiger charge is 2.31. The lowest BCUT2D eigenvalue weighted by Gasteiger charge is -2.40. The molecule has 2 rings (SSSR count). The van der Waals surface area contributed by atoms with Crippen molar-refractivity contribution in [2.24, 2.45) is 0 Å². The van der Waals surface area contributed by atoms with Crippen LogP contribution in [0, 0.1) is 0 Å². The average molecular weight is 269 g/mol. The Morgan fingerprint density at radius 3 is 2.89 bits per heavy atom. The minimum atomic E-state index is 0.536. The first-order valence-electron chi connectivity index (χ1n) is 7.94. The van der Waals surface area contributed by atoms with Crippen LogP contribution in [0.5, 0.6) is 0 Å². The molecule has 0 aromatic heterocycles. The zero-order chi connectivity index (χ0) is 13.7. The second kappa shape index (κ2) is 7.58. The Kier molecular flexibility index (Phi) is 6.07. The molecule has 0 saturated carbocycles. The van der Waals surface area contributed by atoms with Gasteiger partial charge in [-0.3, -0.25) is 4.90 Å². The summed E-state index contributed by atoms with van der Waals surface area (Å²) in [7, 11) is 4.53. The van der Waals surface area contributed by atoms with Gasteiger partial charge >= 0.3 is 0 Å². The Morgan fingerprint density at radius 1 is 1.37 bits per heavy atom. The van der Waals surface area contributed by atoms with Gasteiger partial charge in [-0.25, -0.2) is 0 Å². The largest absolute Gasteiger partial charge is 0.380 e. The molecule has 0 aromatic rings. The van der Waals surface area contributed by atoms with E-state index >= 15 is 0 Å². The summed E-state index contributed by atoms with van der Waals surface area (Å²) in [6.45, 7) is 7.59. The summed E-state index contributed by atoms with van der Waals surface area (Å²) in [5.41, 5.74) is 0. The molecule has 2 aliphatic rings. The minimum absolute atomic E-state index is 0.536. The third kappa shape index (κ3) is 4.15. The van der Waals surface area contributed by atoms with Crippen LogP contribution in [0.2, 0.25) is 0 Å². The van der Waals surface area contributed by atoms with E-state index < -0.39 is 0 Å². The van der Waals surface area contributed by atoms with Crippen LogP contribution in [0.15, 0.2) is 0 Å². The molecule has 3 atom stereocenters. The molecule has 2 saturated heterocycles. The molecular weight excluding hydrogens is 238 g/mol. The molecule has 2 heterocycles. The SMILES string of the molecule is CCCNC1CCOCC1N(C)CC1CCCN1C.